The molecule has 0 amide bonds. The van der Waals surface area contributed by atoms with E-state index in [4.69, 9.17) is 0 Å². The number of hydrogen-bond acceptors (Lipinski definition) is 3. The Balaban J connectivity index is 1.31. The largest absolute Gasteiger partial charge is 0.588 e. The zero-order chi connectivity index (χ0) is 28.7. The minimum atomic E-state index is -1.51. The molecule has 0 aromatic heterocycles. The molecule has 4 rings (SSSR count). The predicted molar refractivity (Wildman–Crippen MR) is 168 cm³/mol. The first-order valence-electron chi connectivity index (χ1n) is 15.1. The van der Waals surface area contributed by atoms with Crippen LogP contribution in [0.2, 0.25) is 0 Å². The summed E-state index contributed by atoms with van der Waals surface area (Å²) in [6.07, 6.45) is 8.81. The van der Waals surface area contributed by atoms with Crippen LogP contribution in [-0.2, 0) is 42.6 Å². The Morgan fingerprint density at radius 2 is 1.65 bits per heavy atom. The number of benzene rings is 3. The molecule has 2 atom stereocenters. The lowest BCUT2D eigenvalue weighted by molar-refractivity contribution is 0.189. The lowest BCUT2D eigenvalue weighted by Gasteiger charge is -2.34. The van der Waals surface area contributed by atoms with Crippen LogP contribution in [-0.4, -0.2) is 22.0 Å². The lowest BCUT2D eigenvalue weighted by Crippen LogP contribution is -2.38. The Kier molecular flexibility index (Phi) is 10.7. The molecule has 1 aliphatic rings. The minimum Gasteiger partial charge on any atom is -0.588 e. The van der Waals surface area contributed by atoms with Crippen LogP contribution in [0.1, 0.15) is 94.5 Å². The van der Waals surface area contributed by atoms with E-state index < -0.39 is 11.4 Å². The van der Waals surface area contributed by atoms with Crippen LogP contribution < -0.4 is 4.72 Å². The molecule has 3 aromatic carbocycles. The maximum absolute atomic E-state index is 14.8. The Hall–Kier alpha value is -2.34. The summed E-state index contributed by atoms with van der Waals surface area (Å²) in [6, 6.07) is 20.8. The fourth-order valence-corrected chi connectivity index (χ4v) is 6.47. The topological polar surface area (TPSA) is 38.3 Å². The maximum atomic E-state index is 14.8. The Morgan fingerprint density at radius 1 is 0.925 bits per heavy atom. The maximum Gasteiger partial charge on any atom is 0.180 e. The predicted octanol–water partition coefficient (Wildman–Crippen LogP) is 8.76. The van der Waals surface area contributed by atoms with Crippen molar-refractivity contribution in [2.24, 2.45) is 0 Å². The summed E-state index contributed by atoms with van der Waals surface area (Å²) in [4.78, 5) is 3.23. The van der Waals surface area contributed by atoms with E-state index in [2.05, 4.69) is 74.6 Å². The second kappa shape index (κ2) is 14.0. The zero-order valence-corrected chi connectivity index (χ0v) is 25.9. The SMILES string of the molecule is CCCCCCCc1ccc(N[S@+]([O-])c2ccc3c(c2)CCN(C(C)Cc2ccc(C(C)(C)C)cc2)C3)c(F)c1. The minimum absolute atomic E-state index is 0.171. The van der Waals surface area contributed by atoms with Gasteiger partial charge in [0.15, 0.2) is 10.7 Å². The van der Waals surface area contributed by atoms with Gasteiger partial charge in [0.1, 0.15) is 17.0 Å². The molecule has 216 valence electrons. The molecule has 0 radical (unpaired) electrons. The Labute approximate surface area is 244 Å². The highest BCUT2D eigenvalue weighted by atomic mass is 32.2. The van der Waals surface area contributed by atoms with Gasteiger partial charge in [0.05, 0.1) is 0 Å². The fraction of sp³-hybridized carbons (Fsp3) is 0.486. The van der Waals surface area contributed by atoms with Crippen LogP contribution in [0.25, 0.3) is 0 Å². The van der Waals surface area contributed by atoms with E-state index in [0.29, 0.717) is 16.6 Å². The molecule has 1 unspecified atom stereocenters. The van der Waals surface area contributed by atoms with Gasteiger partial charge in [-0.3, -0.25) is 4.90 Å². The summed E-state index contributed by atoms with van der Waals surface area (Å²) in [6.45, 7) is 13.1. The average Bonchev–Trinajstić information content (AvgIpc) is 2.93. The summed E-state index contributed by atoms with van der Waals surface area (Å²) in [5.41, 5.74) is 6.73. The molecule has 1 heterocycles. The molecule has 0 saturated heterocycles. The van der Waals surface area contributed by atoms with Gasteiger partial charge in [-0.05, 0) is 90.1 Å². The quantitative estimate of drug-likeness (QED) is 0.177. The Morgan fingerprint density at radius 3 is 2.35 bits per heavy atom. The van der Waals surface area contributed by atoms with E-state index in [0.717, 1.165) is 44.3 Å². The number of fused-ring (bicyclic) bond motifs is 1. The van der Waals surface area contributed by atoms with Crippen molar-refractivity contribution in [3.63, 3.8) is 0 Å². The second-order valence-corrected chi connectivity index (χ2v) is 13.7. The van der Waals surface area contributed by atoms with Crippen LogP contribution in [0.5, 0.6) is 0 Å². The molecule has 0 fully saturated rings. The van der Waals surface area contributed by atoms with E-state index in [1.807, 2.05) is 18.2 Å². The molecular formula is C35H47FN2OS. The number of nitrogens with one attached hydrogen (secondary N) is 1. The monoisotopic (exact) mass is 562 g/mol. The molecule has 40 heavy (non-hydrogen) atoms. The number of aryl methyl sites for hydroxylation is 1. The highest BCUT2D eigenvalue weighted by Crippen LogP contribution is 2.28. The number of unbranched alkanes of at least 4 members (excludes halogenated alkanes) is 4. The summed E-state index contributed by atoms with van der Waals surface area (Å²) in [5, 5.41) is 0. The van der Waals surface area contributed by atoms with Crippen molar-refractivity contribution in [1.82, 2.24) is 4.90 Å². The average molecular weight is 563 g/mol. The number of anilines is 1. The molecular weight excluding hydrogens is 515 g/mol. The van der Waals surface area contributed by atoms with Crippen molar-refractivity contribution in [2.75, 3.05) is 11.3 Å². The molecule has 0 bridgehead atoms. The molecule has 3 aromatic rings. The second-order valence-electron chi connectivity index (χ2n) is 12.5. The van der Waals surface area contributed by atoms with Crippen molar-refractivity contribution >= 4 is 17.0 Å². The van der Waals surface area contributed by atoms with Crippen molar-refractivity contribution in [1.29, 1.82) is 0 Å². The van der Waals surface area contributed by atoms with Gasteiger partial charge in [-0.25, -0.2) is 9.11 Å². The number of nitrogens with zero attached hydrogens (tertiary/aromatic N) is 1. The van der Waals surface area contributed by atoms with Crippen LogP contribution >= 0.6 is 0 Å². The van der Waals surface area contributed by atoms with Crippen molar-refractivity contribution in [2.45, 2.75) is 109 Å². The van der Waals surface area contributed by atoms with Gasteiger partial charge in [0.25, 0.3) is 0 Å². The third-order valence-electron chi connectivity index (χ3n) is 8.21. The van der Waals surface area contributed by atoms with E-state index in [1.165, 1.54) is 47.9 Å². The van der Waals surface area contributed by atoms with Gasteiger partial charge in [-0.2, -0.15) is 0 Å². The highest BCUT2D eigenvalue weighted by Gasteiger charge is 2.24. The molecule has 1 aliphatic heterocycles. The summed E-state index contributed by atoms with van der Waals surface area (Å²) in [5.74, 6) is -0.338. The van der Waals surface area contributed by atoms with Crippen LogP contribution in [0, 0.1) is 5.82 Å². The van der Waals surface area contributed by atoms with E-state index in [1.54, 1.807) is 12.1 Å². The first-order chi connectivity index (χ1) is 19.1. The Bertz CT molecular complexity index is 1240. The van der Waals surface area contributed by atoms with Gasteiger partial charge < -0.3 is 4.55 Å². The van der Waals surface area contributed by atoms with Gasteiger partial charge in [0.2, 0.25) is 0 Å². The van der Waals surface area contributed by atoms with Crippen molar-refractivity contribution in [3.8, 4) is 0 Å². The van der Waals surface area contributed by atoms with Crippen LogP contribution in [0.15, 0.2) is 65.6 Å². The van der Waals surface area contributed by atoms with Gasteiger partial charge >= 0.3 is 0 Å². The molecule has 1 N–H and O–H groups in total. The molecule has 0 saturated carbocycles. The van der Waals surface area contributed by atoms with E-state index in [9.17, 15) is 8.94 Å². The smallest absolute Gasteiger partial charge is 0.180 e. The number of hydrogen-bond donors (Lipinski definition) is 1. The zero-order valence-electron chi connectivity index (χ0n) is 25.1. The van der Waals surface area contributed by atoms with E-state index >= 15 is 0 Å². The lowest BCUT2D eigenvalue weighted by atomic mass is 9.86. The standard InChI is InChI=1S/C35H47FN2OS/c1-6-7-8-9-10-11-27-14-19-34(33(36)23-27)37-40(39)32-18-15-30-25-38(21-20-29(30)24-32)26(2)22-28-12-16-31(17-13-28)35(3,4)5/h12-19,23-24,26,37H,6-11,20-22,25H2,1-5H3/t26?,40-/m1/s1. The third-order valence-corrected chi connectivity index (χ3v) is 9.30. The first kappa shape index (κ1) is 30.6. The van der Waals surface area contributed by atoms with Crippen molar-refractivity contribution < 1.29 is 8.94 Å². The summed E-state index contributed by atoms with van der Waals surface area (Å²) < 4.78 is 30.8. The fourth-order valence-electron chi connectivity index (χ4n) is 5.54. The third kappa shape index (κ3) is 8.34. The van der Waals surface area contributed by atoms with Gasteiger partial charge in [-0.1, -0.05) is 89.8 Å². The molecule has 3 nitrogen and oxygen atoms in total. The summed E-state index contributed by atoms with van der Waals surface area (Å²) in [7, 11) is 0. The highest BCUT2D eigenvalue weighted by molar-refractivity contribution is 7.92. The van der Waals surface area contributed by atoms with Crippen LogP contribution in [0.4, 0.5) is 10.1 Å². The number of halogens is 1. The summed E-state index contributed by atoms with van der Waals surface area (Å²) >= 11 is -1.51. The molecule has 0 aliphatic carbocycles. The van der Waals surface area contributed by atoms with E-state index in [-0.39, 0.29) is 11.2 Å². The van der Waals surface area contributed by atoms with Gasteiger partial charge in [0, 0.05) is 19.1 Å². The molecule has 0 spiro atoms. The first-order valence-corrected chi connectivity index (χ1v) is 16.2. The van der Waals surface area contributed by atoms with Crippen molar-refractivity contribution in [3.05, 3.63) is 94.3 Å². The van der Waals surface area contributed by atoms with Crippen LogP contribution in [0.3, 0.4) is 0 Å². The number of rotatable bonds is 12. The normalized spacial score (nSPS) is 15.5. The molecule has 5 heteroatoms. The van der Waals surface area contributed by atoms with Gasteiger partial charge in [-0.15, -0.1) is 0 Å².